The van der Waals surface area contributed by atoms with Gasteiger partial charge in [0.15, 0.2) is 0 Å². The molecule has 7 heteroatoms. The highest BCUT2D eigenvalue weighted by Crippen LogP contribution is 2.27. The van der Waals surface area contributed by atoms with Crippen LogP contribution in [0.2, 0.25) is 0 Å². The van der Waals surface area contributed by atoms with Gasteiger partial charge in [0, 0.05) is 24.6 Å². The summed E-state index contributed by atoms with van der Waals surface area (Å²) in [4.78, 5) is 38.8. The SMILES string of the molecule is O=C1CCc2cc(OCCCCC(=O)N(CCOC(=O)c3ccccc3)C3CCCCC3)ccc2N1. The van der Waals surface area contributed by atoms with Crippen LogP contribution < -0.4 is 10.1 Å². The van der Waals surface area contributed by atoms with Crippen LogP contribution in [0.25, 0.3) is 0 Å². The summed E-state index contributed by atoms with van der Waals surface area (Å²) >= 11 is 0. The smallest absolute Gasteiger partial charge is 0.338 e. The maximum atomic E-state index is 13.1. The maximum absolute atomic E-state index is 13.1. The lowest BCUT2D eigenvalue weighted by atomic mass is 9.94. The minimum Gasteiger partial charge on any atom is -0.494 e. The lowest BCUT2D eigenvalue weighted by Gasteiger charge is -2.34. The molecular formula is C29H36N2O5. The lowest BCUT2D eigenvalue weighted by Crippen LogP contribution is -2.43. The van der Waals surface area contributed by atoms with Gasteiger partial charge in [0.1, 0.15) is 12.4 Å². The number of hydrogen-bond donors (Lipinski definition) is 1. The molecule has 1 heterocycles. The second-order valence-corrected chi connectivity index (χ2v) is 9.55. The molecule has 0 spiro atoms. The number of carbonyl (C=O) groups excluding carboxylic acids is 3. The lowest BCUT2D eigenvalue weighted by molar-refractivity contribution is -0.135. The predicted octanol–water partition coefficient (Wildman–Crippen LogP) is 5.14. The number of benzene rings is 2. The molecule has 2 aliphatic rings. The number of nitrogens with zero attached hydrogens (tertiary/aromatic N) is 1. The first-order valence-corrected chi connectivity index (χ1v) is 13.2. The fraction of sp³-hybridized carbons (Fsp3) is 0.483. The number of hydrogen-bond acceptors (Lipinski definition) is 5. The van der Waals surface area contributed by atoms with Crippen LogP contribution in [0.1, 0.15) is 73.7 Å². The molecule has 0 aromatic heterocycles. The number of carbonyl (C=O) groups is 3. The molecule has 192 valence electrons. The third-order valence-electron chi connectivity index (χ3n) is 6.94. The number of aryl methyl sites for hydroxylation is 1. The second kappa shape index (κ2) is 13.1. The predicted molar refractivity (Wildman–Crippen MR) is 138 cm³/mol. The number of unbranched alkanes of at least 4 members (excludes halogenated alkanes) is 1. The first-order valence-electron chi connectivity index (χ1n) is 13.2. The van der Waals surface area contributed by atoms with Crippen LogP contribution in [0.3, 0.4) is 0 Å². The largest absolute Gasteiger partial charge is 0.494 e. The number of fused-ring (bicyclic) bond motifs is 1. The third-order valence-corrected chi connectivity index (χ3v) is 6.94. The molecule has 2 aromatic carbocycles. The number of ether oxygens (including phenoxy) is 2. The van der Waals surface area contributed by atoms with Crippen LogP contribution in [0.15, 0.2) is 48.5 Å². The van der Waals surface area contributed by atoms with Crippen LogP contribution in [0.5, 0.6) is 5.75 Å². The van der Waals surface area contributed by atoms with Crippen LogP contribution >= 0.6 is 0 Å². The quantitative estimate of drug-likeness (QED) is 0.347. The Balaban J connectivity index is 1.21. The number of amides is 2. The number of anilines is 1. The molecule has 0 saturated heterocycles. The van der Waals surface area contributed by atoms with E-state index >= 15 is 0 Å². The summed E-state index contributed by atoms with van der Waals surface area (Å²) in [5.74, 6) is 0.619. The summed E-state index contributed by atoms with van der Waals surface area (Å²) in [5, 5.41) is 2.88. The summed E-state index contributed by atoms with van der Waals surface area (Å²) in [6.45, 7) is 1.18. The van der Waals surface area contributed by atoms with Crippen LogP contribution in [0.4, 0.5) is 5.69 Å². The van der Waals surface area contributed by atoms with Crippen molar-refractivity contribution in [2.24, 2.45) is 0 Å². The Bertz CT molecular complexity index is 1030. The molecular weight excluding hydrogens is 456 g/mol. The fourth-order valence-corrected chi connectivity index (χ4v) is 4.96. The molecule has 0 atom stereocenters. The standard InChI is InChI=1S/C29H36N2O5/c32-27-17-14-23-21-25(15-16-26(23)30-27)35-19-8-7-13-28(33)31(24-11-5-2-6-12-24)18-20-36-29(34)22-9-3-1-4-10-22/h1,3-4,9-10,15-16,21,24H,2,5-8,11-14,17-20H2,(H,30,32). The molecule has 1 aliphatic carbocycles. The first-order chi connectivity index (χ1) is 17.6. The van der Waals surface area contributed by atoms with Crippen molar-refractivity contribution < 1.29 is 23.9 Å². The Morgan fingerprint density at radius 1 is 0.944 bits per heavy atom. The summed E-state index contributed by atoms with van der Waals surface area (Å²) in [7, 11) is 0. The van der Waals surface area contributed by atoms with Crippen LogP contribution in [0, 0.1) is 0 Å². The number of rotatable bonds is 11. The van der Waals surface area contributed by atoms with E-state index in [0.717, 1.165) is 61.9 Å². The molecule has 1 aliphatic heterocycles. The van der Waals surface area contributed by atoms with E-state index in [1.165, 1.54) is 6.42 Å². The third kappa shape index (κ3) is 7.33. The van der Waals surface area contributed by atoms with Crippen molar-refractivity contribution in [1.82, 2.24) is 4.90 Å². The van der Waals surface area contributed by atoms with Gasteiger partial charge < -0.3 is 19.7 Å². The van der Waals surface area contributed by atoms with E-state index in [0.29, 0.717) is 31.6 Å². The van der Waals surface area contributed by atoms with Crippen molar-refractivity contribution in [1.29, 1.82) is 0 Å². The van der Waals surface area contributed by atoms with E-state index in [2.05, 4.69) is 5.32 Å². The van der Waals surface area contributed by atoms with E-state index in [-0.39, 0.29) is 30.4 Å². The highest BCUT2D eigenvalue weighted by molar-refractivity contribution is 5.94. The van der Waals surface area contributed by atoms with Gasteiger partial charge in [-0.25, -0.2) is 4.79 Å². The molecule has 36 heavy (non-hydrogen) atoms. The molecule has 1 saturated carbocycles. The summed E-state index contributed by atoms with van der Waals surface area (Å²) in [6.07, 6.45) is 8.73. The van der Waals surface area contributed by atoms with Crippen molar-refractivity contribution in [3.05, 3.63) is 59.7 Å². The van der Waals surface area contributed by atoms with E-state index in [4.69, 9.17) is 9.47 Å². The highest BCUT2D eigenvalue weighted by Gasteiger charge is 2.25. The van der Waals surface area contributed by atoms with Gasteiger partial charge in [-0.05, 0) is 68.0 Å². The second-order valence-electron chi connectivity index (χ2n) is 9.55. The summed E-state index contributed by atoms with van der Waals surface area (Å²) in [5.41, 5.74) is 2.48. The number of nitrogens with one attached hydrogen (secondary N) is 1. The zero-order valence-corrected chi connectivity index (χ0v) is 20.9. The van der Waals surface area contributed by atoms with E-state index in [1.807, 2.05) is 41.3 Å². The number of esters is 1. The van der Waals surface area contributed by atoms with Gasteiger partial charge in [-0.3, -0.25) is 9.59 Å². The molecule has 0 bridgehead atoms. The first kappa shape index (κ1) is 25.7. The molecule has 1 fully saturated rings. The monoisotopic (exact) mass is 492 g/mol. The van der Waals surface area contributed by atoms with Gasteiger partial charge >= 0.3 is 5.97 Å². The zero-order chi connectivity index (χ0) is 25.2. The summed E-state index contributed by atoms with van der Waals surface area (Å²) < 4.78 is 11.4. The zero-order valence-electron chi connectivity index (χ0n) is 20.9. The Morgan fingerprint density at radius 3 is 2.56 bits per heavy atom. The van der Waals surface area contributed by atoms with Crippen molar-refractivity contribution in [3.63, 3.8) is 0 Å². The molecule has 7 nitrogen and oxygen atoms in total. The van der Waals surface area contributed by atoms with Gasteiger partial charge in [-0.1, -0.05) is 37.5 Å². The minimum absolute atomic E-state index is 0.0532. The minimum atomic E-state index is -0.353. The fourth-order valence-electron chi connectivity index (χ4n) is 4.96. The van der Waals surface area contributed by atoms with Gasteiger partial charge in [-0.2, -0.15) is 0 Å². The Hall–Kier alpha value is -3.35. The van der Waals surface area contributed by atoms with Crippen molar-refractivity contribution >= 4 is 23.5 Å². The molecule has 0 unspecified atom stereocenters. The molecule has 2 amide bonds. The average molecular weight is 493 g/mol. The van der Waals surface area contributed by atoms with E-state index in [9.17, 15) is 14.4 Å². The Kier molecular flexibility index (Phi) is 9.36. The molecule has 0 radical (unpaired) electrons. The van der Waals surface area contributed by atoms with Gasteiger partial charge in [-0.15, -0.1) is 0 Å². The Labute approximate surface area is 213 Å². The maximum Gasteiger partial charge on any atom is 0.338 e. The van der Waals surface area contributed by atoms with Crippen LogP contribution in [-0.4, -0.2) is 48.5 Å². The van der Waals surface area contributed by atoms with E-state index < -0.39 is 0 Å². The van der Waals surface area contributed by atoms with Crippen molar-refractivity contribution in [2.45, 2.75) is 70.3 Å². The topological polar surface area (TPSA) is 84.9 Å². The highest BCUT2D eigenvalue weighted by atomic mass is 16.5. The average Bonchev–Trinajstić information content (AvgIpc) is 2.91. The van der Waals surface area contributed by atoms with Crippen molar-refractivity contribution in [2.75, 3.05) is 25.1 Å². The Morgan fingerprint density at radius 2 is 1.75 bits per heavy atom. The normalized spacial score (nSPS) is 15.5. The van der Waals surface area contributed by atoms with Gasteiger partial charge in [0.05, 0.1) is 18.7 Å². The van der Waals surface area contributed by atoms with Gasteiger partial charge in [0.25, 0.3) is 0 Å². The van der Waals surface area contributed by atoms with Crippen LogP contribution in [-0.2, 0) is 20.7 Å². The molecule has 2 aromatic rings. The van der Waals surface area contributed by atoms with E-state index in [1.54, 1.807) is 12.1 Å². The molecule has 4 rings (SSSR count). The summed E-state index contributed by atoms with van der Waals surface area (Å²) in [6, 6.07) is 14.9. The molecule has 1 N–H and O–H groups in total. The van der Waals surface area contributed by atoms with Gasteiger partial charge in [0.2, 0.25) is 11.8 Å². The van der Waals surface area contributed by atoms with Crippen molar-refractivity contribution in [3.8, 4) is 5.75 Å².